The summed E-state index contributed by atoms with van der Waals surface area (Å²) in [5.74, 6) is -0.167. The van der Waals surface area contributed by atoms with E-state index in [1.54, 1.807) is 13.1 Å². The van der Waals surface area contributed by atoms with Crippen LogP contribution in [-0.2, 0) is 9.59 Å². The highest BCUT2D eigenvalue weighted by Crippen LogP contribution is 2.40. The predicted octanol–water partition coefficient (Wildman–Crippen LogP) is 9.80. The van der Waals surface area contributed by atoms with Crippen molar-refractivity contribution in [2.75, 3.05) is 15.6 Å². The predicted molar refractivity (Wildman–Crippen MR) is 182 cm³/mol. The molecule has 0 fully saturated rings. The highest BCUT2D eigenvalue weighted by molar-refractivity contribution is 6.43. The van der Waals surface area contributed by atoms with Gasteiger partial charge in [-0.3, -0.25) is 9.59 Å². The van der Waals surface area contributed by atoms with Gasteiger partial charge < -0.3 is 10.6 Å². The van der Waals surface area contributed by atoms with Crippen molar-refractivity contribution in [2.24, 2.45) is 5.10 Å². The van der Waals surface area contributed by atoms with Crippen LogP contribution >= 0.6 is 34.8 Å². The van der Waals surface area contributed by atoms with Crippen LogP contribution in [-0.4, -0.2) is 27.4 Å². The smallest absolute Gasteiger partial charge is 0.280 e. The maximum absolute atomic E-state index is 13.8. The molecule has 2 amide bonds. The van der Waals surface area contributed by atoms with Gasteiger partial charge in [-0.1, -0.05) is 124 Å². The number of nitrogens with zero attached hydrogens (tertiary/aromatic N) is 4. The number of nitrogens with one attached hydrogen (secondary N) is 2. The van der Waals surface area contributed by atoms with Crippen LogP contribution in [0.15, 0.2) is 53.8 Å². The van der Waals surface area contributed by atoms with Crippen molar-refractivity contribution in [3.8, 4) is 0 Å². The van der Waals surface area contributed by atoms with Gasteiger partial charge in [-0.15, -0.1) is 5.10 Å². The van der Waals surface area contributed by atoms with Gasteiger partial charge in [0.15, 0.2) is 11.9 Å². The molecule has 0 radical (unpaired) electrons. The number of unbranched alkanes of at least 4 members (excludes halogenated alkanes) is 10. The normalized spacial score (nSPS) is 14.7. The number of carbonyl (C=O) groups excluding carboxylic acids is 2. The molecule has 2 heterocycles. The Morgan fingerprint density at radius 1 is 0.886 bits per heavy atom. The first-order valence-electron chi connectivity index (χ1n) is 15.5. The third-order valence-corrected chi connectivity index (χ3v) is 8.41. The van der Waals surface area contributed by atoms with Crippen molar-refractivity contribution in [3.63, 3.8) is 0 Å². The molecular formula is C33H41Cl3N6O2. The summed E-state index contributed by atoms with van der Waals surface area (Å²) in [7, 11) is 0. The van der Waals surface area contributed by atoms with Gasteiger partial charge in [-0.05, 0) is 37.6 Å². The zero-order valence-electron chi connectivity index (χ0n) is 25.4. The minimum Gasteiger partial charge on any atom is -0.340 e. The van der Waals surface area contributed by atoms with E-state index in [4.69, 9.17) is 34.8 Å². The second kappa shape index (κ2) is 16.8. The number of hydrazone groups is 1. The molecule has 2 N–H and O–H groups in total. The minimum absolute atomic E-state index is 0.0704. The minimum atomic E-state index is -0.950. The van der Waals surface area contributed by atoms with Crippen molar-refractivity contribution >= 4 is 69.5 Å². The number of amides is 2. The maximum Gasteiger partial charge on any atom is 0.280 e. The zero-order valence-corrected chi connectivity index (χ0v) is 27.7. The number of hydrogen-bond donors (Lipinski definition) is 2. The first-order valence-corrected chi connectivity index (χ1v) is 16.7. The number of hydrogen-bond acceptors (Lipinski definition) is 5. The number of benzene rings is 2. The summed E-state index contributed by atoms with van der Waals surface area (Å²) in [6, 6.07) is 11.4. The van der Waals surface area contributed by atoms with Gasteiger partial charge in [0.25, 0.3) is 5.91 Å². The molecule has 1 aromatic heterocycles. The molecule has 44 heavy (non-hydrogen) atoms. The third-order valence-electron chi connectivity index (χ3n) is 7.61. The summed E-state index contributed by atoms with van der Waals surface area (Å²) in [6.45, 7) is 4.04. The molecule has 1 atom stereocenters. The van der Waals surface area contributed by atoms with Gasteiger partial charge in [0.05, 0.1) is 27.6 Å². The van der Waals surface area contributed by atoms with E-state index in [1.165, 1.54) is 73.2 Å². The number of aryl methyl sites for hydroxylation is 1. The third kappa shape index (κ3) is 9.22. The van der Waals surface area contributed by atoms with Crippen LogP contribution in [0.3, 0.4) is 0 Å². The first kappa shape index (κ1) is 33.8. The molecule has 1 aliphatic rings. The number of amidine groups is 1. The molecule has 0 spiro atoms. The average Bonchev–Trinajstić information content (AvgIpc) is 3.49. The number of para-hydroxylation sites is 1. The molecule has 4 rings (SSSR count). The first-order chi connectivity index (χ1) is 21.3. The molecular weight excluding hydrogens is 619 g/mol. The van der Waals surface area contributed by atoms with Crippen molar-refractivity contribution in [1.82, 2.24) is 9.78 Å². The molecule has 1 aliphatic heterocycles. The Morgan fingerprint density at radius 3 is 2.09 bits per heavy atom. The van der Waals surface area contributed by atoms with Crippen molar-refractivity contribution in [3.05, 3.63) is 69.4 Å². The number of anilines is 3. The van der Waals surface area contributed by atoms with Crippen LogP contribution in [0.5, 0.6) is 0 Å². The van der Waals surface area contributed by atoms with E-state index in [2.05, 4.69) is 27.8 Å². The molecule has 0 bridgehead atoms. The van der Waals surface area contributed by atoms with Gasteiger partial charge >= 0.3 is 0 Å². The van der Waals surface area contributed by atoms with Gasteiger partial charge in [-0.25, -0.2) is 4.68 Å². The molecule has 0 saturated carbocycles. The fraction of sp³-hybridized carbons (Fsp3) is 0.455. The van der Waals surface area contributed by atoms with Gasteiger partial charge in [0.1, 0.15) is 5.69 Å². The van der Waals surface area contributed by atoms with E-state index in [0.29, 0.717) is 28.7 Å². The second-order valence-electron chi connectivity index (χ2n) is 11.2. The Morgan fingerprint density at radius 2 is 1.48 bits per heavy atom. The lowest BCUT2D eigenvalue weighted by atomic mass is 10.1. The Kier molecular flexibility index (Phi) is 12.9. The standard InChI is InChI=1S/C33H41Cl3N6O2/c1-3-4-5-6-7-8-9-10-11-12-16-19-29(43)38-28-22-41(39-23(28)2)31-32(37-25-17-14-13-15-18-25)40-42(33(31)44)30-26(35)20-24(34)21-27(30)36/h13-15,17-18,20-22,31H,3-12,16,19H2,1-2H3,(H,37,40)(H,38,43). The van der Waals surface area contributed by atoms with Crippen molar-refractivity contribution in [1.29, 1.82) is 0 Å². The van der Waals surface area contributed by atoms with E-state index < -0.39 is 11.9 Å². The summed E-state index contributed by atoms with van der Waals surface area (Å²) < 4.78 is 1.50. The number of rotatable bonds is 16. The second-order valence-corrected chi connectivity index (χ2v) is 12.4. The number of carbonyl (C=O) groups is 2. The number of aromatic nitrogens is 2. The Bertz CT molecular complexity index is 1420. The van der Waals surface area contributed by atoms with Gasteiger partial charge in [-0.2, -0.15) is 10.1 Å². The lowest BCUT2D eigenvalue weighted by molar-refractivity contribution is -0.119. The highest BCUT2D eigenvalue weighted by Gasteiger charge is 2.41. The summed E-state index contributed by atoms with van der Waals surface area (Å²) in [6.07, 6.45) is 15.6. The summed E-state index contributed by atoms with van der Waals surface area (Å²) >= 11 is 19.0. The largest absolute Gasteiger partial charge is 0.340 e. The Labute approximate surface area is 275 Å². The molecule has 0 aliphatic carbocycles. The quantitative estimate of drug-likeness (QED) is 0.150. The van der Waals surface area contributed by atoms with Crippen molar-refractivity contribution < 1.29 is 9.59 Å². The van der Waals surface area contributed by atoms with Crippen LogP contribution in [0, 0.1) is 6.92 Å². The lowest BCUT2D eigenvalue weighted by Gasteiger charge is -2.17. The zero-order chi connectivity index (χ0) is 31.5. The number of halogens is 3. The molecule has 0 saturated heterocycles. The van der Waals surface area contributed by atoms with E-state index in [0.717, 1.165) is 24.9 Å². The fourth-order valence-corrected chi connectivity index (χ4v) is 6.22. The van der Waals surface area contributed by atoms with Gasteiger partial charge in [0.2, 0.25) is 5.91 Å². The van der Waals surface area contributed by atoms with Crippen molar-refractivity contribution in [2.45, 2.75) is 96.9 Å². The van der Waals surface area contributed by atoms with E-state index in [-0.39, 0.29) is 21.6 Å². The average molecular weight is 660 g/mol. The Balaban J connectivity index is 1.38. The molecule has 3 aromatic rings. The summed E-state index contributed by atoms with van der Waals surface area (Å²) in [5.41, 5.74) is 2.10. The summed E-state index contributed by atoms with van der Waals surface area (Å²) in [5, 5.41) is 17.2. The van der Waals surface area contributed by atoms with E-state index >= 15 is 0 Å². The molecule has 236 valence electrons. The van der Waals surface area contributed by atoms with E-state index in [9.17, 15) is 9.59 Å². The molecule has 8 nitrogen and oxygen atoms in total. The summed E-state index contributed by atoms with van der Waals surface area (Å²) in [4.78, 5) is 26.6. The monoisotopic (exact) mass is 658 g/mol. The molecule has 11 heteroatoms. The van der Waals surface area contributed by atoms with E-state index in [1.807, 2.05) is 30.3 Å². The van der Waals surface area contributed by atoms with Crippen LogP contribution in [0.4, 0.5) is 17.1 Å². The molecule has 2 aromatic carbocycles. The lowest BCUT2D eigenvalue weighted by Crippen LogP contribution is -2.32. The fourth-order valence-electron chi connectivity index (χ4n) is 5.24. The van der Waals surface area contributed by atoms with Gasteiger partial charge in [0, 0.05) is 17.1 Å². The Hall–Kier alpha value is -3.07. The topological polar surface area (TPSA) is 91.6 Å². The molecule has 1 unspecified atom stereocenters. The van der Waals surface area contributed by atoms with Crippen LogP contribution in [0.2, 0.25) is 15.1 Å². The van der Waals surface area contributed by atoms with Crippen LogP contribution in [0.25, 0.3) is 0 Å². The van der Waals surface area contributed by atoms with Crippen LogP contribution < -0.4 is 15.6 Å². The highest BCUT2D eigenvalue weighted by atomic mass is 35.5. The maximum atomic E-state index is 13.8. The van der Waals surface area contributed by atoms with Crippen LogP contribution in [0.1, 0.15) is 95.7 Å². The SMILES string of the molecule is CCCCCCCCCCCCCC(=O)Nc1cn(C2C(=O)N(c3c(Cl)cc(Cl)cc3Cl)N=C2Nc2ccccc2)nc1C.